The van der Waals surface area contributed by atoms with Gasteiger partial charge in [-0.25, -0.2) is 23.6 Å². The van der Waals surface area contributed by atoms with Gasteiger partial charge in [0.25, 0.3) is 5.91 Å². The lowest BCUT2D eigenvalue weighted by molar-refractivity contribution is 0.0995. The van der Waals surface area contributed by atoms with Crippen molar-refractivity contribution in [3.05, 3.63) is 71.7 Å². The number of nitrogens with two attached hydrogens (primary N) is 1. The zero-order chi connectivity index (χ0) is 22.6. The number of nitrogens with zero attached hydrogens (tertiary/aromatic N) is 7. The van der Waals surface area contributed by atoms with Crippen LogP contribution < -0.4 is 5.73 Å². The number of imidazole rings is 2. The van der Waals surface area contributed by atoms with Crippen LogP contribution in [0.1, 0.15) is 22.0 Å². The van der Waals surface area contributed by atoms with Crippen molar-refractivity contribution < 1.29 is 9.18 Å². The summed E-state index contributed by atoms with van der Waals surface area (Å²) in [5.41, 5.74) is 9.84. The van der Waals surface area contributed by atoms with E-state index in [0.29, 0.717) is 22.9 Å². The molecule has 0 fully saturated rings. The molecule has 0 aliphatic rings. The first-order valence-corrected chi connectivity index (χ1v) is 9.84. The average molecular weight is 430 g/mol. The third-order valence-electron chi connectivity index (χ3n) is 5.34. The molecule has 1 aromatic carbocycles. The van der Waals surface area contributed by atoms with Crippen LogP contribution in [-0.4, -0.2) is 39.8 Å². The van der Waals surface area contributed by atoms with Gasteiger partial charge in [-0.15, -0.1) is 0 Å². The van der Waals surface area contributed by atoms with E-state index < -0.39 is 5.91 Å². The molecular weight excluding hydrogens is 411 g/mol. The molecule has 4 aromatic heterocycles. The van der Waals surface area contributed by atoms with Gasteiger partial charge >= 0.3 is 0 Å². The monoisotopic (exact) mass is 430 g/mol. The average Bonchev–Trinajstić information content (AvgIpc) is 3.43. The third kappa shape index (κ3) is 3.13. The van der Waals surface area contributed by atoms with Crippen LogP contribution in [0.4, 0.5) is 4.39 Å². The van der Waals surface area contributed by atoms with Crippen LogP contribution in [0.3, 0.4) is 0 Å². The molecule has 0 radical (unpaired) electrons. The second kappa shape index (κ2) is 7.12. The number of aromatic nitrogens is 7. The van der Waals surface area contributed by atoms with Crippen LogP contribution in [-0.2, 0) is 7.05 Å². The summed E-state index contributed by atoms with van der Waals surface area (Å²) in [6, 6.07) is 11.5. The summed E-state index contributed by atoms with van der Waals surface area (Å²) in [4.78, 5) is 20.7. The number of rotatable bonds is 4. The molecule has 1 amide bonds. The lowest BCUT2D eigenvalue weighted by Gasteiger charge is -2.07. The van der Waals surface area contributed by atoms with Crippen LogP contribution in [0.2, 0.25) is 0 Å². The highest BCUT2D eigenvalue weighted by molar-refractivity contribution is 5.90. The van der Waals surface area contributed by atoms with Crippen molar-refractivity contribution in [2.24, 2.45) is 12.8 Å². The first-order valence-electron chi connectivity index (χ1n) is 9.84. The number of carbonyl (C=O) groups is 1. The fraction of sp³-hybridized carbons (Fsp3) is 0.136. The van der Waals surface area contributed by atoms with Crippen LogP contribution in [0.15, 0.2) is 48.7 Å². The Hall–Kier alpha value is -4.34. The SMILES string of the molecule is Cc1cc(C(N)=O)nn1-c1cn2nc(-c3c(-c4ccc(F)cc4)nc(C)n3C)ccc2n1. The van der Waals surface area contributed by atoms with Crippen molar-refractivity contribution in [2.75, 3.05) is 0 Å². The van der Waals surface area contributed by atoms with Gasteiger partial charge < -0.3 is 10.3 Å². The Balaban J connectivity index is 1.63. The van der Waals surface area contributed by atoms with Gasteiger partial charge in [-0.3, -0.25) is 4.79 Å². The lowest BCUT2D eigenvalue weighted by atomic mass is 10.1. The van der Waals surface area contributed by atoms with Gasteiger partial charge in [0.05, 0.1) is 17.6 Å². The summed E-state index contributed by atoms with van der Waals surface area (Å²) in [7, 11) is 1.91. The van der Waals surface area contributed by atoms with Crippen LogP contribution in [0, 0.1) is 19.7 Å². The molecule has 32 heavy (non-hydrogen) atoms. The van der Waals surface area contributed by atoms with Crippen molar-refractivity contribution in [1.29, 1.82) is 0 Å². The molecule has 10 heteroatoms. The Morgan fingerprint density at radius 2 is 1.78 bits per heavy atom. The summed E-state index contributed by atoms with van der Waals surface area (Å²) in [5, 5.41) is 8.96. The first-order chi connectivity index (χ1) is 15.3. The molecule has 2 N–H and O–H groups in total. The van der Waals surface area contributed by atoms with Crippen molar-refractivity contribution in [2.45, 2.75) is 13.8 Å². The van der Waals surface area contributed by atoms with E-state index in [2.05, 4.69) is 15.1 Å². The van der Waals surface area contributed by atoms with Gasteiger partial charge in [0.2, 0.25) is 0 Å². The maximum atomic E-state index is 13.4. The molecule has 0 atom stereocenters. The Morgan fingerprint density at radius 1 is 1.03 bits per heavy atom. The van der Waals surface area contributed by atoms with E-state index in [1.165, 1.54) is 12.1 Å². The van der Waals surface area contributed by atoms with Gasteiger partial charge in [-0.05, 0) is 56.3 Å². The number of hydrogen-bond donors (Lipinski definition) is 1. The largest absolute Gasteiger partial charge is 0.364 e. The summed E-state index contributed by atoms with van der Waals surface area (Å²) in [6.07, 6.45) is 1.73. The van der Waals surface area contributed by atoms with E-state index in [-0.39, 0.29) is 11.5 Å². The minimum Gasteiger partial charge on any atom is -0.364 e. The zero-order valence-corrected chi connectivity index (χ0v) is 17.6. The summed E-state index contributed by atoms with van der Waals surface area (Å²) in [6.45, 7) is 3.72. The van der Waals surface area contributed by atoms with E-state index in [0.717, 1.165) is 22.8 Å². The third-order valence-corrected chi connectivity index (χ3v) is 5.34. The number of halogens is 1. The number of aryl methyl sites for hydroxylation is 2. The molecule has 5 aromatic rings. The van der Waals surface area contributed by atoms with Crippen molar-refractivity contribution in [3.8, 4) is 28.5 Å². The second-order valence-electron chi connectivity index (χ2n) is 7.49. The molecule has 160 valence electrons. The van der Waals surface area contributed by atoms with Gasteiger partial charge in [-0.2, -0.15) is 10.2 Å². The Kier molecular flexibility index (Phi) is 4.36. The quantitative estimate of drug-likeness (QED) is 0.472. The first kappa shape index (κ1) is 19.6. The molecule has 4 heterocycles. The summed E-state index contributed by atoms with van der Waals surface area (Å²) in [5.74, 6) is 0.413. The van der Waals surface area contributed by atoms with Gasteiger partial charge in [0.1, 0.15) is 17.3 Å². The van der Waals surface area contributed by atoms with Gasteiger partial charge in [0, 0.05) is 18.3 Å². The normalized spacial score (nSPS) is 11.4. The molecule has 0 bridgehead atoms. The Morgan fingerprint density at radius 3 is 2.47 bits per heavy atom. The topological polar surface area (TPSA) is 109 Å². The van der Waals surface area contributed by atoms with E-state index in [9.17, 15) is 9.18 Å². The molecule has 0 unspecified atom stereocenters. The number of carbonyl (C=O) groups excluding carboxylic acids is 1. The predicted octanol–water partition coefficient (Wildman–Crippen LogP) is 2.84. The Bertz CT molecular complexity index is 1490. The molecule has 0 saturated carbocycles. The van der Waals surface area contributed by atoms with Crippen molar-refractivity contribution in [3.63, 3.8) is 0 Å². The van der Waals surface area contributed by atoms with E-state index in [1.54, 1.807) is 33.6 Å². The fourth-order valence-corrected chi connectivity index (χ4v) is 3.64. The van der Waals surface area contributed by atoms with E-state index in [4.69, 9.17) is 10.8 Å². The summed E-state index contributed by atoms with van der Waals surface area (Å²) >= 11 is 0. The maximum absolute atomic E-state index is 13.4. The fourth-order valence-electron chi connectivity index (χ4n) is 3.64. The van der Waals surface area contributed by atoms with Crippen molar-refractivity contribution in [1.82, 2.24) is 33.9 Å². The molecule has 5 rings (SSSR count). The molecule has 9 nitrogen and oxygen atoms in total. The number of amides is 1. The van der Waals surface area contributed by atoms with Gasteiger partial charge in [-0.1, -0.05) is 0 Å². The minimum absolute atomic E-state index is 0.169. The van der Waals surface area contributed by atoms with Crippen LogP contribution >= 0.6 is 0 Å². The van der Waals surface area contributed by atoms with Crippen LogP contribution in [0.25, 0.3) is 34.1 Å². The number of primary amides is 1. The molecule has 0 saturated heterocycles. The smallest absolute Gasteiger partial charge is 0.269 e. The highest BCUT2D eigenvalue weighted by atomic mass is 19.1. The molecule has 0 spiro atoms. The highest BCUT2D eigenvalue weighted by Gasteiger charge is 2.19. The van der Waals surface area contributed by atoms with E-state index in [1.807, 2.05) is 37.6 Å². The zero-order valence-electron chi connectivity index (χ0n) is 17.6. The molecule has 0 aliphatic carbocycles. The van der Waals surface area contributed by atoms with E-state index >= 15 is 0 Å². The molecule has 0 aliphatic heterocycles. The van der Waals surface area contributed by atoms with Crippen LogP contribution in [0.5, 0.6) is 0 Å². The van der Waals surface area contributed by atoms with Crippen molar-refractivity contribution >= 4 is 11.6 Å². The lowest BCUT2D eigenvalue weighted by Crippen LogP contribution is -2.12. The highest BCUT2D eigenvalue weighted by Crippen LogP contribution is 2.31. The number of hydrogen-bond acceptors (Lipinski definition) is 5. The second-order valence-corrected chi connectivity index (χ2v) is 7.49. The predicted molar refractivity (Wildman–Crippen MR) is 116 cm³/mol. The maximum Gasteiger partial charge on any atom is 0.269 e. The number of fused-ring (bicyclic) bond motifs is 1. The summed E-state index contributed by atoms with van der Waals surface area (Å²) < 4.78 is 18.6. The van der Waals surface area contributed by atoms with Gasteiger partial charge in [0.15, 0.2) is 17.2 Å². The minimum atomic E-state index is -0.601. The number of benzene rings is 1. The Labute approximate surface area is 182 Å². The standard InChI is InChI=1S/C22H19FN8O/c1-12-10-17(22(24)32)28-31(12)19-11-30-18(26-19)9-8-16(27-30)21-20(25-13(2)29(21)3)14-4-6-15(23)7-5-14/h4-11H,1-3H3,(H2,24,32). The molecular formula is C22H19FN8O.